The molecule has 1 aromatic rings. The molecule has 0 saturated heterocycles. The molecule has 0 aliphatic carbocycles. The first kappa shape index (κ1) is 10.4. The molecule has 6 nitrogen and oxygen atoms in total. The Morgan fingerprint density at radius 3 is 1.89 bits per heavy atom. The summed E-state index contributed by atoms with van der Waals surface area (Å²) in [5, 5.41) is 2.00. The molecule has 1 aromatic carbocycles. The van der Waals surface area contributed by atoms with Crippen molar-refractivity contribution in [2.24, 2.45) is 0 Å². The Hall–Kier alpha value is -2.76. The van der Waals surface area contributed by atoms with Gasteiger partial charge in [-0.3, -0.25) is 24.5 Å². The SMILES string of the molecule is O=C1C=C(N2C(=O)c3ccccc3C2=O)C(=O)N1. The van der Waals surface area contributed by atoms with Crippen molar-refractivity contribution in [2.75, 3.05) is 0 Å². The van der Waals surface area contributed by atoms with Crippen LogP contribution in [0.25, 0.3) is 0 Å². The van der Waals surface area contributed by atoms with E-state index in [1.54, 1.807) is 12.1 Å². The second-order valence-electron chi connectivity index (χ2n) is 3.84. The monoisotopic (exact) mass is 242 g/mol. The highest BCUT2D eigenvalue weighted by Gasteiger charge is 2.41. The van der Waals surface area contributed by atoms with Crippen LogP contribution in [0, 0.1) is 0 Å². The number of benzene rings is 1. The summed E-state index contributed by atoms with van der Waals surface area (Å²) in [4.78, 5) is 47.3. The van der Waals surface area contributed by atoms with Gasteiger partial charge in [-0.25, -0.2) is 4.90 Å². The minimum Gasteiger partial charge on any atom is -0.287 e. The van der Waals surface area contributed by atoms with Crippen LogP contribution in [0.1, 0.15) is 20.7 Å². The van der Waals surface area contributed by atoms with Crippen molar-refractivity contribution >= 4 is 23.6 Å². The second-order valence-corrected chi connectivity index (χ2v) is 3.84. The molecule has 0 spiro atoms. The molecule has 0 fully saturated rings. The predicted molar refractivity (Wildman–Crippen MR) is 58.2 cm³/mol. The topological polar surface area (TPSA) is 83.6 Å². The molecule has 0 atom stereocenters. The average Bonchev–Trinajstić information content (AvgIpc) is 2.79. The van der Waals surface area contributed by atoms with Gasteiger partial charge in [-0.2, -0.15) is 0 Å². The van der Waals surface area contributed by atoms with Crippen molar-refractivity contribution in [1.29, 1.82) is 0 Å². The molecule has 0 unspecified atom stereocenters. The van der Waals surface area contributed by atoms with Gasteiger partial charge in [0.2, 0.25) is 0 Å². The maximum Gasteiger partial charge on any atom is 0.275 e. The highest BCUT2D eigenvalue weighted by molar-refractivity contribution is 6.28. The van der Waals surface area contributed by atoms with Crippen LogP contribution in [-0.2, 0) is 9.59 Å². The Bertz CT molecular complexity index is 625. The lowest BCUT2D eigenvalue weighted by Crippen LogP contribution is -2.34. The van der Waals surface area contributed by atoms with Crippen molar-refractivity contribution in [2.45, 2.75) is 0 Å². The molecule has 0 radical (unpaired) electrons. The lowest BCUT2D eigenvalue weighted by Gasteiger charge is -2.12. The maximum absolute atomic E-state index is 12.0. The molecule has 2 heterocycles. The van der Waals surface area contributed by atoms with Crippen LogP contribution in [0.5, 0.6) is 0 Å². The molecule has 0 saturated carbocycles. The van der Waals surface area contributed by atoms with E-state index in [0.717, 1.165) is 11.0 Å². The summed E-state index contributed by atoms with van der Waals surface area (Å²) >= 11 is 0. The number of imide groups is 2. The van der Waals surface area contributed by atoms with Crippen LogP contribution in [0.4, 0.5) is 0 Å². The fraction of sp³-hybridized carbons (Fsp3) is 0. The number of carbonyl (C=O) groups excluding carboxylic acids is 4. The lowest BCUT2D eigenvalue weighted by atomic mass is 10.1. The molecule has 0 aromatic heterocycles. The van der Waals surface area contributed by atoms with Crippen molar-refractivity contribution in [3.8, 4) is 0 Å². The largest absolute Gasteiger partial charge is 0.287 e. The van der Waals surface area contributed by atoms with E-state index in [1.165, 1.54) is 12.1 Å². The third-order valence-corrected chi connectivity index (χ3v) is 2.77. The zero-order valence-electron chi connectivity index (χ0n) is 8.97. The Kier molecular flexibility index (Phi) is 1.94. The minimum absolute atomic E-state index is 0.230. The molecule has 1 N–H and O–H groups in total. The van der Waals surface area contributed by atoms with Gasteiger partial charge in [-0.15, -0.1) is 0 Å². The van der Waals surface area contributed by atoms with E-state index in [-0.39, 0.29) is 16.8 Å². The summed E-state index contributed by atoms with van der Waals surface area (Å²) < 4.78 is 0. The fourth-order valence-electron chi connectivity index (χ4n) is 1.98. The van der Waals surface area contributed by atoms with E-state index in [0.29, 0.717) is 0 Å². The van der Waals surface area contributed by atoms with Crippen molar-refractivity contribution in [1.82, 2.24) is 10.2 Å². The fourth-order valence-corrected chi connectivity index (χ4v) is 1.98. The van der Waals surface area contributed by atoms with Crippen molar-refractivity contribution in [3.05, 3.63) is 47.2 Å². The van der Waals surface area contributed by atoms with Gasteiger partial charge in [0.05, 0.1) is 11.1 Å². The molecule has 2 aliphatic heterocycles. The van der Waals surface area contributed by atoms with Gasteiger partial charge < -0.3 is 0 Å². The van der Waals surface area contributed by atoms with Crippen LogP contribution in [0.15, 0.2) is 36.0 Å². The zero-order chi connectivity index (χ0) is 12.9. The Balaban J connectivity index is 2.11. The molecular weight excluding hydrogens is 236 g/mol. The third-order valence-electron chi connectivity index (χ3n) is 2.77. The number of carbonyl (C=O) groups is 4. The van der Waals surface area contributed by atoms with Crippen LogP contribution in [0.3, 0.4) is 0 Å². The number of amides is 4. The van der Waals surface area contributed by atoms with Crippen LogP contribution >= 0.6 is 0 Å². The van der Waals surface area contributed by atoms with Gasteiger partial charge in [0.25, 0.3) is 23.6 Å². The Morgan fingerprint density at radius 2 is 1.44 bits per heavy atom. The molecule has 2 aliphatic rings. The lowest BCUT2D eigenvalue weighted by molar-refractivity contribution is -0.124. The minimum atomic E-state index is -0.741. The summed E-state index contributed by atoms with van der Waals surface area (Å²) in [6.45, 7) is 0. The van der Waals surface area contributed by atoms with Crippen LogP contribution < -0.4 is 5.32 Å². The first-order valence-electron chi connectivity index (χ1n) is 5.14. The molecular formula is C12H6N2O4. The van der Waals surface area contributed by atoms with E-state index in [9.17, 15) is 19.2 Å². The van der Waals surface area contributed by atoms with Gasteiger partial charge in [-0.05, 0) is 12.1 Å². The quantitative estimate of drug-likeness (QED) is 0.692. The zero-order valence-corrected chi connectivity index (χ0v) is 8.97. The highest BCUT2D eigenvalue weighted by Crippen LogP contribution is 2.26. The first-order valence-corrected chi connectivity index (χ1v) is 5.14. The van der Waals surface area contributed by atoms with E-state index in [1.807, 2.05) is 5.32 Å². The molecule has 88 valence electrons. The van der Waals surface area contributed by atoms with Gasteiger partial charge in [-0.1, -0.05) is 12.1 Å². The van der Waals surface area contributed by atoms with Crippen molar-refractivity contribution in [3.63, 3.8) is 0 Å². The first-order chi connectivity index (χ1) is 8.59. The number of hydrogen-bond donors (Lipinski definition) is 1. The summed E-state index contributed by atoms with van der Waals surface area (Å²) in [6.07, 6.45) is 0.948. The van der Waals surface area contributed by atoms with Crippen LogP contribution in [-0.4, -0.2) is 28.5 Å². The summed E-state index contributed by atoms with van der Waals surface area (Å²) in [5.41, 5.74) is 0.234. The molecule has 3 rings (SSSR count). The summed E-state index contributed by atoms with van der Waals surface area (Å²) in [7, 11) is 0. The molecule has 6 heteroatoms. The number of hydrogen-bond acceptors (Lipinski definition) is 4. The van der Waals surface area contributed by atoms with Crippen molar-refractivity contribution < 1.29 is 19.2 Å². The van der Waals surface area contributed by atoms with Gasteiger partial charge in [0.1, 0.15) is 5.70 Å². The Labute approximate surface area is 101 Å². The average molecular weight is 242 g/mol. The van der Waals surface area contributed by atoms with Gasteiger partial charge in [0.15, 0.2) is 0 Å². The second kappa shape index (κ2) is 3.36. The predicted octanol–water partition coefficient (Wildman–Crippen LogP) is -0.177. The molecule has 18 heavy (non-hydrogen) atoms. The van der Waals surface area contributed by atoms with E-state index in [4.69, 9.17) is 0 Å². The number of nitrogens with zero attached hydrogens (tertiary/aromatic N) is 1. The van der Waals surface area contributed by atoms with E-state index in [2.05, 4.69) is 0 Å². The normalized spacial score (nSPS) is 18.0. The smallest absolute Gasteiger partial charge is 0.275 e. The molecule has 0 bridgehead atoms. The third kappa shape index (κ3) is 1.22. The standard InChI is InChI=1S/C12H6N2O4/c15-9-5-8(10(16)13-9)14-11(17)6-3-1-2-4-7(6)12(14)18/h1-5H,(H,13,15,16). The summed E-state index contributed by atoms with van der Waals surface area (Å²) in [5.74, 6) is -2.56. The van der Waals surface area contributed by atoms with E-state index >= 15 is 0 Å². The van der Waals surface area contributed by atoms with Crippen LogP contribution in [0.2, 0.25) is 0 Å². The number of rotatable bonds is 1. The van der Waals surface area contributed by atoms with E-state index < -0.39 is 23.6 Å². The molecule has 4 amide bonds. The van der Waals surface area contributed by atoms with Gasteiger partial charge in [0, 0.05) is 6.08 Å². The number of nitrogens with one attached hydrogen (secondary N) is 1. The maximum atomic E-state index is 12.0. The number of fused-ring (bicyclic) bond motifs is 1. The highest BCUT2D eigenvalue weighted by atomic mass is 16.2. The van der Waals surface area contributed by atoms with Gasteiger partial charge >= 0.3 is 0 Å². The summed E-state index contributed by atoms with van der Waals surface area (Å²) in [6, 6.07) is 6.26. The Morgan fingerprint density at radius 1 is 0.889 bits per heavy atom.